The Balaban J connectivity index is 1.24. The van der Waals surface area contributed by atoms with Gasteiger partial charge in [-0.25, -0.2) is 22.5 Å². The maximum atomic E-state index is 14.3. The highest BCUT2D eigenvalue weighted by Gasteiger charge is 2.50. The van der Waals surface area contributed by atoms with Gasteiger partial charge in [-0.05, 0) is 56.7 Å². The summed E-state index contributed by atoms with van der Waals surface area (Å²) in [5.41, 5.74) is 6.70. The molecule has 4 heterocycles. The Kier molecular flexibility index (Phi) is 8.76. The number of fused-ring (bicyclic) bond motifs is 2. The van der Waals surface area contributed by atoms with E-state index in [1.807, 2.05) is 6.08 Å². The first kappa shape index (κ1) is 34.2. The molecule has 2 aromatic rings. The summed E-state index contributed by atoms with van der Waals surface area (Å²) in [6.45, 7) is 1.33. The van der Waals surface area contributed by atoms with Gasteiger partial charge in [0.2, 0.25) is 11.8 Å². The molecule has 50 heavy (non-hydrogen) atoms. The zero-order chi connectivity index (χ0) is 35.5. The summed E-state index contributed by atoms with van der Waals surface area (Å²) in [7, 11) is 1.54. The van der Waals surface area contributed by atoms with Crippen LogP contribution in [0.1, 0.15) is 74.7 Å². The van der Waals surface area contributed by atoms with Crippen molar-refractivity contribution in [2.24, 2.45) is 28.5 Å². The van der Waals surface area contributed by atoms with Gasteiger partial charge in [0, 0.05) is 71.4 Å². The van der Waals surface area contributed by atoms with Crippen LogP contribution in [0, 0.1) is 17.8 Å². The monoisotopic (exact) mass is 713 g/mol. The fourth-order valence-corrected chi connectivity index (χ4v) is 7.48. The molecule has 3 aliphatic carbocycles. The van der Waals surface area contributed by atoms with Crippen LogP contribution in [0.3, 0.4) is 0 Å². The first-order valence-electron chi connectivity index (χ1n) is 16.6. The molecule has 2 aromatic heterocycles. The zero-order valence-corrected chi connectivity index (χ0v) is 28.2. The van der Waals surface area contributed by atoms with Crippen LogP contribution in [0.4, 0.5) is 17.6 Å². The Morgan fingerprint density at radius 3 is 2.58 bits per heavy atom. The van der Waals surface area contributed by atoms with E-state index in [-0.39, 0.29) is 46.8 Å². The number of rotatable bonds is 10. The molecule has 0 saturated heterocycles. The van der Waals surface area contributed by atoms with Gasteiger partial charge in [-0.3, -0.25) is 19.6 Å². The fourth-order valence-electron chi connectivity index (χ4n) is 7.20. The molecule has 1 unspecified atom stereocenters. The van der Waals surface area contributed by atoms with Crippen molar-refractivity contribution in [3.05, 3.63) is 75.6 Å². The second-order valence-corrected chi connectivity index (χ2v) is 14.3. The minimum Gasteiger partial charge on any atom is -0.495 e. The second kappa shape index (κ2) is 12.8. The van der Waals surface area contributed by atoms with Gasteiger partial charge in [-0.15, -0.1) is 0 Å². The highest BCUT2D eigenvalue weighted by molar-refractivity contribution is 6.34. The average Bonchev–Trinajstić information content (AvgIpc) is 3.88. The third-order valence-electron chi connectivity index (χ3n) is 10.5. The van der Waals surface area contributed by atoms with Crippen molar-refractivity contribution in [2.75, 3.05) is 20.3 Å². The molecule has 2 fully saturated rings. The number of nitrogens with zero attached hydrogens (tertiary/aromatic N) is 3. The van der Waals surface area contributed by atoms with Gasteiger partial charge in [-0.1, -0.05) is 23.8 Å². The number of ether oxygens (including phenoxy) is 2. The molecule has 14 heteroatoms. The molecule has 2 amide bonds. The van der Waals surface area contributed by atoms with Crippen LogP contribution in [0.25, 0.3) is 11.3 Å². The van der Waals surface area contributed by atoms with E-state index >= 15 is 0 Å². The van der Waals surface area contributed by atoms with Crippen LogP contribution in [-0.2, 0) is 19.7 Å². The maximum Gasteiger partial charge on any atom is 0.281 e. The lowest BCUT2D eigenvalue weighted by Crippen LogP contribution is -2.43. The highest BCUT2D eigenvalue weighted by atomic mass is 35.5. The third-order valence-corrected chi connectivity index (χ3v) is 10.9. The first-order chi connectivity index (χ1) is 23.8. The molecule has 264 valence electrons. The Morgan fingerprint density at radius 1 is 1.18 bits per heavy atom. The lowest BCUT2D eigenvalue weighted by atomic mass is 9.71. The molecule has 2 aliphatic heterocycles. The number of nitrogens with two attached hydrogens (primary N) is 1. The van der Waals surface area contributed by atoms with E-state index in [4.69, 9.17) is 36.8 Å². The van der Waals surface area contributed by atoms with Crippen LogP contribution in [-0.4, -0.2) is 53.7 Å². The Morgan fingerprint density at radius 2 is 1.92 bits per heavy atom. The topological polar surface area (TPSA) is 129 Å². The molecular formula is C36H36ClF4N5O4. The number of primary amides is 1. The van der Waals surface area contributed by atoms with Crippen molar-refractivity contribution in [2.45, 2.75) is 69.1 Å². The summed E-state index contributed by atoms with van der Waals surface area (Å²) in [5, 5.41) is 2.56. The predicted octanol–water partition coefficient (Wildman–Crippen LogP) is 6.73. The van der Waals surface area contributed by atoms with Crippen molar-refractivity contribution >= 4 is 29.1 Å². The summed E-state index contributed by atoms with van der Waals surface area (Å²) in [6.07, 6.45) is 6.48. The van der Waals surface area contributed by atoms with Gasteiger partial charge in [0.25, 0.3) is 12.3 Å². The number of halogens is 5. The number of hydrogen-bond acceptors (Lipinski definition) is 7. The second-order valence-electron chi connectivity index (χ2n) is 13.9. The largest absolute Gasteiger partial charge is 0.495 e. The van der Waals surface area contributed by atoms with Crippen LogP contribution < -0.4 is 15.8 Å². The van der Waals surface area contributed by atoms with Gasteiger partial charge in [0.15, 0.2) is 0 Å². The predicted molar refractivity (Wildman–Crippen MR) is 177 cm³/mol. The number of alkyl halides is 4. The van der Waals surface area contributed by atoms with E-state index in [0.29, 0.717) is 29.2 Å². The smallest absolute Gasteiger partial charge is 0.281 e. The number of hydrogen-bond donors (Lipinski definition) is 2. The quantitative estimate of drug-likeness (QED) is 0.263. The number of aromatic nitrogens is 2. The van der Waals surface area contributed by atoms with Gasteiger partial charge in [-0.2, -0.15) is 0 Å². The molecule has 0 spiro atoms. The number of carbonyl (C=O) groups excluding carboxylic acids is 2. The van der Waals surface area contributed by atoms with Crippen molar-refractivity contribution in [1.82, 2.24) is 15.3 Å². The standard InChI is InChI=1S/C36H36ClF4N5O4/c1-35(34(42)48)16-50-31-23(35)12-25(46-29(31)21-9-10-43-30(27(21)37)32(38)39)22(20-13-36(40,41)14-20)15-44-33(47)19-6-5-18-7-8-24(17-3-4-17)45-28(18)26(11-19)49-2/h6,8-12,17-18,20,22,32H,3-5,7,13-16H2,1-2H3,(H2,42,48)(H,44,47)/t18?,22-,35-/m0/s1. The van der Waals surface area contributed by atoms with Gasteiger partial charge < -0.3 is 20.5 Å². The molecule has 5 aliphatic rings. The lowest BCUT2D eigenvalue weighted by molar-refractivity contribution is -0.123. The normalized spacial score (nSPS) is 24.7. The number of pyridine rings is 2. The fraction of sp³-hybridized carbons (Fsp3) is 0.472. The van der Waals surface area contributed by atoms with Crippen molar-refractivity contribution in [3.8, 4) is 17.0 Å². The summed E-state index contributed by atoms with van der Waals surface area (Å²) in [4.78, 5) is 39.8. The minimum atomic E-state index is -2.99. The van der Waals surface area contributed by atoms with Gasteiger partial charge >= 0.3 is 0 Å². The lowest BCUT2D eigenvalue weighted by Gasteiger charge is -2.40. The molecule has 0 bridgehead atoms. The molecule has 0 aromatic carbocycles. The first-order valence-corrected chi connectivity index (χ1v) is 17.0. The van der Waals surface area contributed by atoms with E-state index < -0.39 is 59.9 Å². The van der Waals surface area contributed by atoms with Crippen LogP contribution >= 0.6 is 11.6 Å². The number of nitrogens with one attached hydrogen (secondary N) is 1. The number of aliphatic imine (C=N–C) groups is 1. The Bertz CT molecular complexity index is 1880. The highest BCUT2D eigenvalue weighted by Crippen LogP contribution is 2.52. The third kappa shape index (κ3) is 6.18. The van der Waals surface area contributed by atoms with Crippen molar-refractivity contribution in [3.63, 3.8) is 0 Å². The molecule has 9 nitrogen and oxygen atoms in total. The molecule has 0 radical (unpaired) electrons. The van der Waals surface area contributed by atoms with Crippen LogP contribution in [0.5, 0.6) is 5.75 Å². The number of amides is 2. The molecule has 3 atom stereocenters. The minimum absolute atomic E-state index is 0.0425. The van der Waals surface area contributed by atoms with E-state index in [2.05, 4.69) is 16.4 Å². The van der Waals surface area contributed by atoms with Gasteiger partial charge in [0.05, 0.1) is 17.8 Å². The molecule has 7 rings (SSSR count). The molecular weight excluding hydrogens is 678 g/mol. The summed E-state index contributed by atoms with van der Waals surface area (Å²) < 4.78 is 67.9. The number of methoxy groups -OCH3 is 1. The summed E-state index contributed by atoms with van der Waals surface area (Å²) >= 11 is 6.42. The van der Waals surface area contributed by atoms with E-state index in [1.165, 1.54) is 13.2 Å². The van der Waals surface area contributed by atoms with Crippen LogP contribution in [0.2, 0.25) is 5.02 Å². The average molecular weight is 714 g/mol. The Labute approximate surface area is 291 Å². The van der Waals surface area contributed by atoms with Gasteiger partial charge in [0.1, 0.15) is 34.9 Å². The van der Waals surface area contributed by atoms with E-state index in [9.17, 15) is 27.2 Å². The molecule has 3 N–H and O–H groups in total. The van der Waals surface area contributed by atoms with Crippen LogP contribution in [0.15, 0.2) is 58.6 Å². The van der Waals surface area contributed by atoms with Crippen molar-refractivity contribution in [1.29, 1.82) is 0 Å². The molecule has 2 saturated carbocycles. The zero-order valence-electron chi connectivity index (χ0n) is 27.4. The van der Waals surface area contributed by atoms with Crippen molar-refractivity contribution < 1.29 is 36.6 Å². The SMILES string of the molecule is COC1=CC(C(=O)NC[C@H](c2cc3c(c(-c4ccnc(C(F)F)c4Cl)n2)OC[C@]3(C)C(N)=O)C2CC(F)(F)C2)=CCC2CC=C(C3CC3)N=C12. The summed E-state index contributed by atoms with van der Waals surface area (Å²) in [6, 6.07) is 2.97. The number of allylic oxidation sites excluding steroid dienone is 4. The van der Waals surface area contributed by atoms with E-state index in [0.717, 1.165) is 36.9 Å². The number of carbonyl (C=O) groups is 2. The summed E-state index contributed by atoms with van der Waals surface area (Å²) in [5.74, 6) is -4.26. The maximum absolute atomic E-state index is 14.3. The van der Waals surface area contributed by atoms with E-state index in [1.54, 1.807) is 19.1 Å². The Hall–Kier alpha value is -4.26.